The fourth-order valence-corrected chi connectivity index (χ4v) is 7.53. The Morgan fingerprint density at radius 1 is 0.569 bits per heavy atom. The van der Waals surface area contributed by atoms with Crippen molar-refractivity contribution in [2.75, 3.05) is 46.6 Å². The van der Waals surface area contributed by atoms with Crippen molar-refractivity contribution in [1.29, 1.82) is 0 Å². The zero-order valence-electron chi connectivity index (χ0n) is 28.7. The Morgan fingerprint density at radius 3 is 1.78 bits per heavy atom. The molecule has 0 unspecified atom stereocenters. The van der Waals surface area contributed by atoms with E-state index in [9.17, 15) is 0 Å². The van der Waals surface area contributed by atoms with Crippen molar-refractivity contribution in [2.24, 2.45) is 9.98 Å². The van der Waals surface area contributed by atoms with Gasteiger partial charge in [0.05, 0.1) is 34.2 Å². The van der Waals surface area contributed by atoms with Crippen LogP contribution in [0.2, 0.25) is 0 Å². The van der Waals surface area contributed by atoms with Gasteiger partial charge in [-0.2, -0.15) is 0 Å². The molecule has 5 aliphatic heterocycles. The minimum absolute atomic E-state index is 0.642. The smallest absolute Gasteiger partial charge is 0.235 e. The first kappa shape index (κ1) is 31.1. The molecule has 0 amide bonds. The molecule has 2 saturated heterocycles. The minimum Gasteiger partial charge on any atom is -0.371 e. The predicted octanol–water partition coefficient (Wildman–Crippen LogP) is 8.80. The lowest BCUT2D eigenvalue weighted by atomic mass is 10.00. The number of aromatic nitrogens is 2. The van der Waals surface area contributed by atoms with Crippen LogP contribution in [0.5, 0.6) is 0 Å². The highest BCUT2D eigenvalue weighted by atomic mass is 15.3. The summed E-state index contributed by atoms with van der Waals surface area (Å²) in [5, 5.41) is 7.23. The molecular weight excluding hydrogens is 631 g/mol. The van der Waals surface area contributed by atoms with E-state index in [2.05, 4.69) is 102 Å². The largest absolute Gasteiger partial charge is 0.371 e. The van der Waals surface area contributed by atoms with Crippen molar-refractivity contribution in [3.63, 3.8) is 0 Å². The first-order chi connectivity index (χ1) is 25.2. The Kier molecular flexibility index (Phi) is 8.37. The van der Waals surface area contributed by atoms with Crippen molar-refractivity contribution >= 4 is 51.8 Å². The van der Waals surface area contributed by atoms with Gasteiger partial charge in [-0.3, -0.25) is 4.90 Å². The SMILES string of the molecule is C1=CC2=CC(c3ccc(N4CCCCC4)cc3Nc3ccccn3)=NC3=NC(c4ccc(N5CCCCC5)cc4Nc4ccccn4)=CC(=C1)N23. The third-order valence-corrected chi connectivity index (χ3v) is 10.1. The van der Waals surface area contributed by atoms with Crippen LogP contribution < -0.4 is 20.4 Å². The summed E-state index contributed by atoms with van der Waals surface area (Å²) >= 11 is 0. The van der Waals surface area contributed by atoms with Gasteiger partial charge in [-0.15, -0.1) is 0 Å². The molecule has 0 aliphatic carbocycles. The van der Waals surface area contributed by atoms with Gasteiger partial charge in [-0.25, -0.2) is 20.0 Å². The van der Waals surface area contributed by atoms with Crippen molar-refractivity contribution in [3.8, 4) is 0 Å². The number of allylic oxidation sites excluding steroid dienone is 5. The maximum absolute atomic E-state index is 5.27. The highest BCUT2D eigenvalue weighted by molar-refractivity contribution is 6.20. The maximum Gasteiger partial charge on any atom is 0.235 e. The standard InChI is InChI=1S/C42H41N9/c1-7-22-49(23-8-1)30-16-18-34(36(26-30)45-40-14-3-5-20-43-40)38-28-32-12-11-13-33-29-39(48-42(47-38)51(32)33)35-19-17-31(50-24-9-2-10-25-50)27-37(35)46-41-15-4-6-21-44-41/h3-6,11-21,26-29H,1-2,7-10,22-25H2,(H,43,45)(H,44,46). The van der Waals surface area contributed by atoms with Crippen molar-refractivity contribution in [1.82, 2.24) is 14.9 Å². The second-order valence-corrected chi connectivity index (χ2v) is 13.5. The molecule has 2 aromatic carbocycles. The Balaban J connectivity index is 1.12. The number of piperidine rings is 2. The van der Waals surface area contributed by atoms with Crippen LogP contribution in [0.4, 0.5) is 34.4 Å². The first-order valence-corrected chi connectivity index (χ1v) is 18.2. The zero-order valence-corrected chi connectivity index (χ0v) is 28.7. The average Bonchev–Trinajstić information content (AvgIpc) is 3.19. The zero-order chi connectivity index (χ0) is 34.0. The number of anilines is 6. The summed E-state index contributed by atoms with van der Waals surface area (Å²) in [6, 6.07) is 25.2. The Bertz CT molecular complexity index is 2010. The van der Waals surface area contributed by atoms with Gasteiger partial charge in [0.1, 0.15) is 11.6 Å². The summed E-state index contributed by atoms with van der Waals surface area (Å²) in [4.78, 5) is 26.8. The highest BCUT2D eigenvalue weighted by Gasteiger charge is 2.30. The average molecular weight is 672 g/mol. The van der Waals surface area contributed by atoms with Crippen LogP contribution in [0.1, 0.15) is 49.7 Å². The summed E-state index contributed by atoms with van der Waals surface area (Å²) in [5.74, 6) is 2.23. The molecule has 5 aliphatic rings. The second-order valence-electron chi connectivity index (χ2n) is 13.5. The molecule has 4 aromatic rings. The molecule has 2 fully saturated rings. The number of benzene rings is 2. The van der Waals surface area contributed by atoms with Gasteiger partial charge in [0.15, 0.2) is 0 Å². The van der Waals surface area contributed by atoms with E-state index in [0.29, 0.717) is 5.96 Å². The Morgan fingerprint density at radius 2 is 1.18 bits per heavy atom. The van der Waals surface area contributed by atoms with Crippen LogP contribution in [0.25, 0.3) is 5.70 Å². The summed E-state index contributed by atoms with van der Waals surface area (Å²) in [5.41, 5.74) is 10.1. The number of hydrogen-bond donors (Lipinski definition) is 2. The van der Waals surface area contributed by atoms with Gasteiger partial charge in [0, 0.05) is 61.1 Å². The molecular formula is C42H41N9. The molecule has 9 heteroatoms. The minimum atomic E-state index is 0.642. The molecule has 2 aromatic heterocycles. The topological polar surface area (TPSA) is 84.3 Å². The van der Waals surface area contributed by atoms with Crippen molar-refractivity contribution < 1.29 is 0 Å². The number of nitrogens with one attached hydrogen (secondary N) is 2. The molecule has 51 heavy (non-hydrogen) atoms. The highest BCUT2D eigenvalue weighted by Crippen LogP contribution is 2.39. The Labute approximate surface area is 299 Å². The van der Waals surface area contributed by atoms with E-state index >= 15 is 0 Å². The first-order valence-electron chi connectivity index (χ1n) is 18.2. The van der Waals surface area contributed by atoms with E-state index in [1.54, 1.807) is 0 Å². The molecule has 0 saturated carbocycles. The molecule has 0 radical (unpaired) electrons. The summed E-state index contributed by atoms with van der Waals surface area (Å²) in [6.45, 7) is 4.30. The van der Waals surface area contributed by atoms with E-state index in [1.807, 2.05) is 48.8 Å². The van der Waals surface area contributed by atoms with E-state index in [-0.39, 0.29) is 0 Å². The molecule has 9 rings (SSSR count). The normalized spacial score (nSPS) is 18.2. The lowest BCUT2D eigenvalue weighted by Crippen LogP contribution is -2.35. The van der Waals surface area contributed by atoms with Gasteiger partial charge < -0.3 is 20.4 Å². The third kappa shape index (κ3) is 6.43. The molecule has 7 heterocycles. The van der Waals surface area contributed by atoms with Crippen LogP contribution in [0, 0.1) is 0 Å². The van der Waals surface area contributed by atoms with Gasteiger partial charge in [-0.1, -0.05) is 18.2 Å². The molecule has 0 bridgehead atoms. The molecule has 2 N–H and O–H groups in total. The Hall–Kier alpha value is -5.96. The van der Waals surface area contributed by atoms with Crippen LogP contribution in [-0.2, 0) is 0 Å². The maximum atomic E-state index is 5.27. The molecule has 254 valence electrons. The lowest BCUT2D eigenvalue weighted by Gasteiger charge is -2.34. The lowest BCUT2D eigenvalue weighted by molar-refractivity contribution is 0.578. The van der Waals surface area contributed by atoms with Gasteiger partial charge in [-0.05, 0) is 123 Å². The van der Waals surface area contributed by atoms with Crippen LogP contribution in [0.15, 0.2) is 137 Å². The van der Waals surface area contributed by atoms with E-state index in [1.165, 1.54) is 49.9 Å². The third-order valence-electron chi connectivity index (χ3n) is 10.1. The van der Waals surface area contributed by atoms with E-state index < -0.39 is 0 Å². The number of nitrogens with zero attached hydrogens (tertiary/aromatic N) is 7. The number of rotatable bonds is 8. The van der Waals surface area contributed by atoms with Crippen molar-refractivity contribution in [3.05, 3.63) is 138 Å². The monoisotopic (exact) mass is 671 g/mol. The van der Waals surface area contributed by atoms with Crippen molar-refractivity contribution in [2.45, 2.75) is 38.5 Å². The van der Waals surface area contributed by atoms with E-state index in [4.69, 9.17) is 9.98 Å². The number of pyridine rings is 2. The van der Waals surface area contributed by atoms with Crippen LogP contribution in [0.3, 0.4) is 0 Å². The summed E-state index contributed by atoms with van der Waals surface area (Å²) < 4.78 is 0. The van der Waals surface area contributed by atoms with Gasteiger partial charge in [0.2, 0.25) is 5.96 Å². The van der Waals surface area contributed by atoms with Gasteiger partial charge in [0.25, 0.3) is 0 Å². The second kappa shape index (κ2) is 13.7. The van der Waals surface area contributed by atoms with Crippen LogP contribution >= 0.6 is 0 Å². The molecule has 0 spiro atoms. The fourth-order valence-electron chi connectivity index (χ4n) is 7.53. The predicted molar refractivity (Wildman–Crippen MR) is 209 cm³/mol. The molecule has 0 atom stereocenters. The van der Waals surface area contributed by atoms with Crippen LogP contribution in [-0.4, -0.2) is 52.7 Å². The summed E-state index contributed by atoms with van der Waals surface area (Å²) in [7, 11) is 0. The fraction of sp³-hybridized carbons (Fsp3) is 0.238. The number of guanidine groups is 1. The number of aliphatic imine (C=N–C) groups is 2. The van der Waals surface area contributed by atoms with E-state index in [0.717, 1.165) is 83.1 Å². The van der Waals surface area contributed by atoms with Gasteiger partial charge >= 0.3 is 0 Å². The quantitative estimate of drug-likeness (QED) is 0.194. The molecule has 9 nitrogen and oxygen atoms in total. The summed E-state index contributed by atoms with van der Waals surface area (Å²) in [6.07, 6.45) is 21.8. The number of hydrogen-bond acceptors (Lipinski definition) is 9.